The lowest BCUT2D eigenvalue weighted by Crippen LogP contribution is -2.64. The third-order valence-corrected chi connectivity index (χ3v) is 10.5. The van der Waals surface area contributed by atoms with Crippen LogP contribution in [-0.4, -0.2) is 137 Å². The van der Waals surface area contributed by atoms with E-state index in [1.165, 1.54) is 18.2 Å². The number of amides is 1. The summed E-state index contributed by atoms with van der Waals surface area (Å²) >= 11 is 1.50. The molecular weight excluding hydrogens is 578 g/mol. The number of ether oxygens (including phenoxy) is 3. The molecule has 1 amide bonds. The highest BCUT2D eigenvalue weighted by Crippen LogP contribution is 2.36. The molecule has 246 valence electrons. The van der Waals surface area contributed by atoms with Crippen molar-refractivity contribution in [1.29, 1.82) is 0 Å². The largest absolute Gasteiger partial charge is 0.483 e. The number of rotatable bonds is 6. The Balaban J connectivity index is 0.00000135. The summed E-state index contributed by atoms with van der Waals surface area (Å²) in [6.07, 6.45) is 3.72. The van der Waals surface area contributed by atoms with Crippen LogP contribution in [-0.2, 0) is 23.8 Å². The van der Waals surface area contributed by atoms with Crippen LogP contribution in [0.3, 0.4) is 0 Å². The Labute approximate surface area is 258 Å². The first-order chi connectivity index (χ1) is 20.7. The number of allylic oxidation sites excluding steroid dienone is 1. The third-order valence-electron chi connectivity index (χ3n) is 9.13. The minimum atomic E-state index is -1.36. The van der Waals surface area contributed by atoms with E-state index in [4.69, 9.17) is 24.1 Å². The number of hydrogen-bond donors (Lipinski definition) is 6. The standard InChI is InChI=1S/C29H49N3O7S.CH2O2/c1-17(2)13-18-7-10-38-26-19(14-18)15-30-22(26)28(36)31-21-6-4-3-5-20(16-32-8-11-37-12-9-32)40-29-25(35)23(33)24(34)27(21)39-29;2-1-3/h3-4,17-27,29-30,33-35H,5-16H2,1-2H3,(H,31,36);1H,(H,2,3)/b4-3-;/t18-,19-,20-,21+,22-,23-,24+,25+,26+,27+,29+;/m0./s1. The van der Waals surface area contributed by atoms with Gasteiger partial charge in [-0.15, -0.1) is 11.8 Å². The van der Waals surface area contributed by atoms with Crippen LogP contribution in [0.4, 0.5) is 0 Å². The molecule has 0 unspecified atom stereocenters. The van der Waals surface area contributed by atoms with Gasteiger partial charge in [-0.3, -0.25) is 14.5 Å². The Bertz CT molecular complexity index is 908. The molecule has 5 rings (SSSR count). The molecule has 0 aromatic carbocycles. The van der Waals surface area contributed by atoms with E-state index in [0.717, 1.165) is 45.4 Å². The van der Waals surface area contributed by atoms with E-state index in [0.29, 0.717) is 44.0 Å². The number of carboxylic acid groups (broad SMARTS) is 1. The van der Waals surface area contributed by atoms with Crippen molar-refractivity contribution in [3.63, 3.8) is 0 Å². The lowest BCUT2D eigenvalue weighted by molar-refractivity contribution is -0.205. The van der Waals surface area contributed by atoms with Crippen LogP contribution in [0, 0.1) is 17.8 Å². The Kier molecular flexibility index (Phi) is 13.6. The van der Waals surface area contributed by atoms with Gasteiger partial charge in [0.1, 0.15) is 35.9 Å². The van der Waals surface area contributed by atoms with Gasteiger partial charge in [0.05, 0.1) is 25.4 Å². The average Bonchev–Trinajstić information content (AvgIpc) is 3.27. The van der Waals surface area contributed by atoms with Gasteiger partial charge < -0.3 is 45.3 Å². The molecule has 0 aromatic heterocycles. The Morgan fingerprint density at radius 3 is 2.53 bits per heavy atom. The molecule has 0 saturated carbocycles. The van der Waals surface area contributed by atoms with Crippen LogP contribution in [0.25, 0.3) is 0 Å². The predicted octanol–water partition coefficient (Wildman–Crippen LogP) is 0.193. The second-order valence-electron chi connectivity index (χ2n) is 12.8. The number of carbonyl (C=O) groups excluding carboxylic acids is 1. The fraction of sp³-hybridized carbons (Fsp3) is 0.867. The van der Waals surface area contributed by atoms with Crippen molar-refractivity contribution in [2.24, 2.45) is 17.8 Å². The van der Waals surface area contributed by atoms with Crippen molar-refractivity contribution in [1.82, 2.24) is 15.5 Å². The molecule has 4 saturated heterocycles. The number of aliphatic hydroxyl groups excluding tert-OH is 3. The van der Waals surface area contributed by atoms with Crippen LogP contribution in [0.5, 0.6) is 0 Å². The van der Waals surface area contributed by atoms with E-state index in [2.05, 4.69) is 35.5 Å². The molecule has 13 heteroatoms. The predicted molar refractivity (Wildman–Crippen MR) is 162 cm³/mol. The van der Waals surface area contributed by atoms with Gasteiger partial charge in [-0.2, -0.15) is 0 Å². The molecule has 43 heavy (non-hydrogen) atoms. The van der Waals surface area contributed by atoms with Crippen LogP contribution in [0.2, 0.25) is 0 Å². The van der Waals surface area contributed by atoms with Crippen molar-refractivity contribution in [3.05, 3.63) is 12.2 Å². The third kappa shape index (κ3) is 9.36. The molecule has 0 radical (unpaired) electrons. The molecule has 0 aromatic rings. The second kappa shape index (κ2) is 16.9. The average molecular weight is 630 g/mol. The molecule has 5 aliphatic heterocycles. The molecule has 4 fully saturated rings. The van der Waals surface area contributed by atoms with Gasteiger partial charge in [0.2, 0.25) is 5.91 Å². The van der Waals surface area contributed by atoms with Gasteiger partial charge in [0.25, 0.3) is 6.47 Å². The van der Waals surface area contributed by atoms with Crippen molar-refractivity contribution in [2.75, 3.05) is 46.0 Å². The van der Waals surface area contributed by atoms with Crippen LogP contribution >= 0.6 is 11.8 Å². The number of hydrogen-bond acceptors (Lipinski definition) is 11. The van der Waals surface area contributed by atoms with Crippen molar-refractivity contribution in [3.8, 4) is 0 Å². The maximum absolute atomic E-state index is 13.6. The number of fused-ring (bicyclic) bond motifs is 3. The van der Waals surface area contributed by atoms with E-state index in [1.54, 1.807) is 0 Å². The number of nitrogens with one attached hydrogen (secondary N) is 2. The van der Waals surface area contributed by atoms with Gasteiger partial charge in [0, 0.05) is 38.0 Å². The summed E-state index contributed by atoms with van der Waals surface area (Å²) in [5, 5.41) is 46.1. The summed E-state index contributed by atoms with van der Waals surface area (Å²) in [4.78, 5) is 24.3. The minimum absolute atomic E-state index is 0.148. The first kappa shape index (κ1) is 34.6. The summed E-state index contributed by atoms with van der Waals surface area (Å²) in [5.74, 6) is 1.38. The Morgan fingerprint density at radius 1 is 1.09 bits per heavy atom. The van der Waals surface area contributed by atoms with Crippen LogP contribution in [0.1, 0.15) is 46.0 Å². The van der Waals surface area contributed by atoms with Crippen molar-refractivity contribution < 1.29 is 44.2 Å². The molecular formula is C30H51N3O9S. The van der Waals surface area contributed by atoms with Gasteiger partial charge in [-0.1, -0.05) is 26.0 Å². The second-order valence-corrected chi connectivity index (χ2v) is 14.2. The number of thioether (sulfide) groups is 1. The fourth-order valence-electron chi connectivity index (χ4n) is 7.06. The van der Waals surface area contributed by atoms with E-state index in [1.807, 2.05) is 6.08 Å². The normalized spacial score (nSPS) is 41.2. The molecule has 5 heterocycles. The van der Waals surface area contributed by atoms with Gasteiger partial charge in [0.15, 0.2) is 0 Å². The molecule has 0 spiro atoms. The van der Waals surface area contributed by atoms with Crippen LogP contribution in [0.15, 0.2) is 12.2 Å². The number of aliphatic hydroxyl groups is 3. The zero-order valence-corrected chi connectivity index (χ0v) is 26.1. The summed E-state index contributed by atoms with van der Waals surface area (Å²) in [6.45, 7) is 9.65. The summed E-state index contributed by atoms with van der Waals surface area (Å²) in [7, 11) is 0. The van der Waals surface area contributed by atoms with Gasteiger partial charge >= 0.3 is 0 Å². The molecule has 5 aliphatic rings. The van der Waals surface area contributed by atoms with Gasteiger partial charge in [-0.05, 0) is 49.9 Å². The first-order valence-electron chi connectivity index (χ1n) is 15.7. The Morgan fingerprint density at radius 2 is 1.81 bits per heavy atom. The first-order valence-corrected chi connectivity index (χ1v) is 16.7. The van der Waals surface area contributed by atoms with Gasteiger partial charge in [-0.25, -0.2) is 0 Å². The highest BCUT2D eigenvalue weighted by Gasteiger charge is 2.49. The lowest BCUT2D eigenvalue weighted by Gasteiger charge is -2.45. The summed E-state index contributed by atoms with van der Waals surface area (Å²) < 4.78 is 18.0. The maximum atomic E-state index is 13.6. The summed E-state index contributed by atoms with van der Waals surface area (Å²) in [6, 6.07) is -1.03. The molecule has 2 bridgehead atoms. The molecule has 11 atom stereocenters. The smallest absolute Gasteiger partial charge is 0.290 e. The zero-order chi connectivity index (χ0) is 30.9. The monoisotopic (exact) mass is 629 g/mol. The molecule has 0 aliphatic carbocycles. The van der Waals surface area contributed by atoms with E-state index in [-0.39, 0.29) is 23.7 Å². The summed E-state index contributed by atoms with van der Waals surface area (Å²) in [5.41, 5.74) is -0.711. The van der Waals surface area contributed by atoms with Crippen molar-refractivity contribution in [2.45, 2.75) is 99.2 Å². The Hall–Kier alpha value is -1.29. The topological polar surface area (TPSA) is 170 Å². The van der Waals surface area contributed by atoms with Crippen LogP contribution < -0.4 is 10.6 Å². The zero-order valence-electron chi connectivity index (χ0n) is 25.3. The van der Waals surface area contributed by atoms with E-state index >= 15 is 0 Å². The fourth-order valence-corrected chi connectivity index (χ4v) is 8.48. The quantitative estimate of drug-likeness (QED) is 0.175. The lowest BCUT2D eigenvalue weighted by atomic mass is 9.85. The molecule has 12 nitrogen and oxygen atoms in total. The number of carbonyl (C=O) groups is 2. The SMILES string of the molecule is CC(C)C[C@@H]1CCO[C@@H]2[C@H](CN[C@@H]2C(=O)N[C@@H]2C/C=C\C[C@@H](CN3CCOCC3)S[C@H]3O[C@H]2[C@H](O)[C@H](O)[C@H]3O)C1.O=CO. The number of nitrogens with zero attached hydrogens (tertiary/aromatic N) is 1. The highest BCUT2D eigenvalue weighted by atomic mass is 32.2. The molecule has 6 N–H and O–H groups in total. The van der Waals surface area contributed by atoms with Crippen molar-refractivity contribution >= 4 is 24.1 Å². The van der Waals surface area contributed by atoms with E-state index < -0.39 is 41.9 Å². The van der Waals surface area contributed by atoms with E-state index in [9.17, 15) is 20.1 Å². The number of morpholine rings is 1. The minimum Gasteiger partial charge on any atom is -0.483 e. The highest BCUT2D eigenvalue weighted by molar-refractivity contribution is 8.00. The maximum Gasteiger partial charge on any atom is 0.290 e.